The second-order valence-electron chi connectivity index (χ2n) is 4.17. The molecule has 1 aromatic rings. The molecule has 1 amide bonds. The largest absolute Gasteiger partial charge is 0.481 e. The lowest BCUT2D eigenvalue weighted by atomic mass is 10.1. The summed E-state index contributed by atoms with van der Waals surface area (Å²) in [5.41, 5.74) is -0.0522. The lowest BCUT2D eigenvalue weighted by Gasteiger charge is -2.20. The minimum Gasteiger partial charge on any atom is -0.481 e. The van der Waals surface area contributed by atoms with Gasteiger partial charge in [0.2, 0.25) is 0 Å². The van der Waals surface area contributed by atoms with Crippen LogP contribution in [0, 0.1) is 11.7 Å². The molecule has 1 unspecified atom stereocenters. The first-order chi connectivity index (χ1) is 8.73. The number of halogens is 3. The van der Waals surface area contributed by atoms with Crippen LogP contribution in [0.4, 0.5) is 4.39 Å². The zero-order valence-electron chi connectivity index (χ0n) is 10.3. The average Bonchev–Trinajstić information content (AvgIpc) is 2.32. The van der Waals surface area contributed by atoms with Crippen LogP contribution >= 0.6 is 23.2 Å². The van der Waals surface area contributed by atoms with Crippen LogP contribution in [0.15, 0.2) is 12.1 Å². The van der Waals surface area contributed by atoms with Gasteiger partial charge >= 0.3 is 5.97 Å². The Morgan fingerprint density at radius 3 is 2.47 bits per heavy atom. The molecule has 19 heavy (non-hydrogen) atoms. The van der Waals surface area contributed by atoms with Crippen LogP contribution in [0.25, 0.3) is 0 Å². The Hall–Kier alpha value is -1.33. The molecule has 0 aliphatic heterocycles. The van der Waals surface area contributed by atoms with Crippen LogP contribution < -0.4 is 0 Å². The highest BCUT2D eigenvalue weighted by Gasteiger charge is 2.21. The van der Waals surface area contributed by atoms with Crippen LogP contribution in [0.5, 0.6) is 0 Å². The molecule has 0 bridgehead atoms. The molecule has 7 heteroatoms. The third-order valence-electron chi connectivity index (χ3n) is 2.56. The van der Waals surface area contributed by atoms with Gasteiger partial charge in [-0.3, -0.25) is 9.59 Å². The highest BCUT2D eigenvalue weighted by molar-refractivity contribution is 6.36. The van der Waals surface area contributed by atoms with Gasteiger partial charge in [-0.1, -0.05) is 30.1 Å². The quantitative estimate of drug-likeness (QED) is 0.870. The summed E-state index contributed by atoms with van der Waals surface area (Å²) in [6.07, 6.45) is 0. The fourth-order valence-corrected chi connectivity index (χ4v) is 1.93. The lowest BCUT2D eigenvalue weighted by molar-refractivity contribution is -0.141. The number of carbonyl (C=O) groups excluding carboxylic acids is 1. The van der Waals surface area contributed by atoms with Gasteiger partial charge in [0.1, 0.15) is 5.82 Å². The van der Waals surface area contributed by atoms with E-state index in [0.717, 1.165) is 12.1 Å². The number of carboxylic acid groups (broad SMARTS) is 1. The Morgan fingerprint density at radius 2 is 1.95 bits per heavy atom. The van der Waals surface area contributed by atoms with Crippen molar-refractivity contribution in [2.24, 2.45) is 5.92 Å². The predicted molar refractivity (Wildman–Crippen MR) is 70.2 cm³/mol. The highest BCUT2D eigenvalue weighted by Crippen LogP contribution is 2.25. The minimum absolute atomic E-state index is 0.00522. The van der Waals surface area contributed by atoms with Crippen LogP contribution in [-0.2, 0) is 4.79 Å². The molecule has 0 aliphatic rings. The van der Waals surface area contributed by atoms with Crippen molar-refractivity contribution in [3.63, 3.8) is 0 Å². The summed E-state index contributed by atoms with van der Waals surface area (Å²) in [5, 5.41) is 8.62. The fraction of sp³-hybridized carbons (Fsp3) is 0.333. The maximum Gasteiger partial charge on any atom is 0.308 e. The second kappa shape index (κ2) is 6.21. The van der Waals surface area contributed by atoms with Gasteiger partial charge in [-0.05, 0) is 12.1 Å². The molecule has 0 fully saturated rings. The first-order valence-electron chi connectivity index (χ1n) is 5.36. The molecule has 0 spiro atoms. The number of hydrogen-bond donors (Lipinski definition) is 1. The van der Waals surface area contributed by atoms with Gasteiger partial charge in [0.15, 0.2) is 0 Å². The summed E-state index contributed by atoms with van der Waals surface area (Å²) in [6.45, 7) is 1.46. The number of amides is 1. The average molecular weight is 308 g/mol. The van der Waals surface area contributed by atoms with E-state index in [-0.39, 0.29) is 22.2 Å². The number of benzene rings is 1. The van der Waals surface area contributed by atoms with Crippen molar-refractivity contribution in [2.75, 3.05) is 13.6 Å². The van der Waals surface area contributed by atoms with Crippen molar-refractivity contribution in [1.29, 1.82) is 0 Å². The maximum absolute atomic E-state index is 13.3. The molecule has 0 saturated heterocycles. The summed E-state index contributed by atoms with van der Waals surface area (Å²) in [6, 6.07) is 2.08. The monoisotopic (exact) mass is 307 g/mol. The van der Waals surface area contributed by atoms with Crippen LogP contribution in [0.3, 0.4) is 0 Å². The first-order valence-corrected chi connectivity index (χ1v) is 6.12. The molecule has 0 radical (unpaired) electrons. The van der Waals surface area contributed by atoms with Crippen LogP contribution in [0.1, 0.15) is 17.3 Å². The summed E-state index contributed by atoms with van der Waals surface area (Å²) in [7, 11) is 1.42. The number of rotatable bonds is 4. The molecule has 104 valence electrons. The number of hydrogen-bond acceptors (Lipinski definition) is 2. The van der Waals surface area contributed by atoms with E-state index in [1.807, 2.05) is 0 Å². The summed E-state index contributed by atoms with van der Waals surface area (Å²) >= 11 is 11.4. The number of carboxylic acids is 1. The van der Waals surface area contributed by atoms with Crippen molar-refractivity contribution in [3.05, 3.63) is 33.6 Å². The third kappa shape index (κ3) is 3.81. The molecule has 1 N–H and O–H groups in total. The van der Waals surface area contributed by atoms with E-state index >= 15 is 0 Å². The molecule has 0 saturated carbocycles. The van der Waals surface area contributed by atoms with Gasteiger partial charge in [0.05, 0.1) is 21.5 Å². The van der Waals surface area contributed by atoms with E-state index in [0.29, 0.717) is 0 Å². The molecule has 1 atom stereocenters. The van der Waals surface area contributed by atoms with Crippen LogP contribution in [-0.4, -0.2) is 35.5 Å². The highest BCUT2D eigenvalue weighted by atomic mass is 35.5. The fourth-order valence-electron chi connectivity index (χ4n) is 1.46. The molecular formula is C12H12Cl2FNO3. The van der Waals surface area contributed by atoms with E-state index in [9.17, 15) is 14.0 Å². The van der Waals surface area contributed by atoms with Gasteiger partial charge in [-0.25, -0.2) is 4.39 Å². The second-order valence-corrected chi connectivity index (χ2v) is 4.99. The summed E-state index contributed by atoms with van der Waals surface area (Å²) < 4.78 is 13.3. The van der Waals surface area contributed by atoms with E-state index in [4.69, 9.17) is 28.3 Å². The third-order valence-corrected chi connectivity index (χ3v) is 3.16. The van der Waals surface area contributed by atoms with Gasteiger partial charge in [-0.2, -0.15) is 0 Å². The van der Waals surface area contributed by atoms with Crippen molar-refractivity contribution in [3.8, 4) is 0 Å². The minimum atomic E-state index is -1.02. The molecule has 0 aromatic heterocycles. The lowest BCUT2D eigenvalue weighted by Crippen LogP contribution is -2.33. The topological polar surface area (TPSA) is 57.6 Å². The molecular weight excluding hydrogens is 296 g/mol. The van der Waals surface area contributed by atoms with E-state index in [2.05, 4.69) is 0 Å². The number of aliphatic carboxylic acids is 1. The molecule has 4 nitrogen and oxygen atoms in total. The Balaban J connectivity index is 2.94. The molecule has 0 heterocycles. The maximum atomic E-state index is 13.3. The van der Waals surface area contributed by atoms with Gasteiger partial charge < -0.3 is 10.0 Å². The van der Waals surface area contributed by atoms with Crippen molar-refractivity contribution in [1.82, 2.24) is 4.90 Å². The Kier molecular flexibility index (Phi) is 5.14. The van der Waals surface area contributed by atoms with Gasteiger partial charge in [0.25, 0.3) is 5.91 Å². The van der Waals surface area contributed by atoms with Crippen molar-refractivity contribution in [2.45, 2.75) is 6.92 Å². The normalized spacial score (nSPS) is 12.1. The van der Waals surface area contributed by atoms with Crippen molar-refractivity contribution >= 4 is 35.1 Å². The van der Waals surface area contributed by atoms with Crippen molar-refractivity contribution < 1.29 is 19.1 Å². The SMILES string of the molecule is CC(CN(C)C(=O)c1cc(F)c(Cl)cc1Cl)C(=O)O. The smallest absolute Gasteiger partial charge is 0.308 e. The Labute approximate surface area is 119 Å². The van der Waals surface area contributed by atoms with Gasteiger partial charge in [0, 0.05) is 13.6 Å². The van der Waals surface area contributed by atoms with E-state index in [1.165, 1.54) is 18.9 Å². The summed E-state index contributed by atoms with van der Waals surface area (Å²) in [4.78, 5) is 23.9. The number of nitrogens with zero attached hydrogens (tertiary/aromatic N) is 1. The predicted octanol–water partition coefficient (Wildman–Crippen LogP) is 2.93. The zero-order chi connectivity index (χ0) is 14.7. The molecule has 0 aliphatic carbocycles. The van der Waals surface area contributed by atoms with E-state index in [1.54, 1.807) is 0 Å². The molecule has 1 rings (SSSR count). The number of carbonyl (C=O) groups is 2. The van der Waals surface area contributed by atoms with Crippen LogP contribution in [0.2, 0.25) is 10.0 Å². The first kappa shape index (κ1) is 15.7. The van der Waals surface area contributed by atoms with E-state index < -0.39 is 23.6 Å². The zero-order valence-corrected chi connectivity index (χ0v) is 11.8. The van der Waals surface area contributed by atoms with Gasteiger partial charge in [-0.15, -0.1) is 0 Å². The Bertz CT molecular complexity index is 522. The standard InChI is InChI=1S/C12H12Cl2FNO3/c1-6(12(18)19)5-16(2)11(17)7-3-10(15)9(14)4-8(7)13/h3-4,6H,5H2,1-2H3,(H,18,19). The molecule has 1 aromatic carbocycles. The Morgan fingerprint density at radius 1 is 1.37 bits per heavy atom. The summed E-state index contributed by atoms with van der Waals surface area (Å²) in [5.74, 6) is -3.07.